The summed E-state index contributed by atoms with van der Waals surface area (Å²) in [6.07, 6.45) is 3.20. The van der Waals surface area contributed by atoms with E-state index in [1.54, 1.807) is 24.5 Å². The summed E-state index contributed by atoms with van der Waals surface area (Å²) in [7, 11) is 0. The predicted molar refractivity (Wildman–Crippen MR) is 71.9 cm³/mol. The van der Waals surface area contributed by atoms with Gasteiger partial charge in [0, 0.05) is 28.1 Å². The fraction of sp³-hybridized carbons (Fsp3) is 0.0833. The smallest absolute Gasteiger partial charge is 0.123 e. The molecule has 0 radical (unpaired) electrons. The van der Waals surface area contributed by atoms with Crippen LogP contribution in [0.4, 0.5) is 10.1 Å². The molecular formula is C12H12BrFN4. The molecule has 1 aromatic carbocycles. The molecule has 1 atom stereocenters. The number of anilines is 1. The molecular weight excluding hydrogens is 299 g/mol. The second-order valence-corrected chi connectivity index (χ2v) is 4.62. The molecule has 18 heavy (non-hydrogen) atoms. The third-order valence-corrected chi connectivity index (χ3v) is 3.36. The van der Waals surface area contributed by atoms with Gasteiger partial charge in [0.05, 0.1) is 6.04 Å². The monoisotopic (exact) mass is 310 g/mol. The van der Waals surface area contributed by atoms with Crippen molar-refractivity contribution in [3.8, 4) is 0 Å². The van der Waals surface area contributed by atoms with Gasteiger partial charge in [-0.2, -0.15) is 0 Å². The van der Waals surface area contributed by atoms with Crippen LogP contribution in [0.2, 0.25) is 0 Å². The number of nitrogens with one attached hydrogen (secondary N) is 1. The molecule has 5 N–H and O–H groups in total. The predicted octanol–water partition coefficient (Wildman–Crippen LogP) is 2.12. The van der Waals surface area contributed by atoms with Gasteiger partial charge in [-0.25, -0.2) is 9.82 Å². The Kier molecular flexibility index (Phi) is 3.90. The van der Waals surface area contributed by atoms with Crippen LogP contribution < -0.4 is 17.0 Å². The Balaban J connectivity index is 2.52. The number of nitrogen functional groups attached to an aromatic ring is 1. The van der Waals surface area contributed by atoms with E-state index >= 15 is 0 Å². The molecule has 0 saturated carbocycles. The Morgan fingerprint density at radius 3 is 2.72 bits per heavy atom. The fourth-order valence-electron chi connectivity index (χ4n) is 1.74. The maximum atomic E-state index is 13.3. The van der Waals surface area contributed by atoms with Gasteiger partial charge in [0.25, 0.3) is 0 Å². The first-order valence-electron chi connectivity index (χ1n) is 5.24. The van der Waals surface area contributed by atoms with Crippen LogP contribution in [-0.2, 0) is 0 Å². The largest absolute Gasteiger partial charge is 0.398 e. The van der Waals surface area contributed by atoms with E-state index in [0.29, 0.717) is 16.8 Å². The number of aromatic nitrogens is 1. The normalized spacial score (nSPS) is 12.4. The lowest BCUT2D eigenvalue weighted by Gasteiger charge is -2.19. The molecule has 0 amide bonds. The maximum Gasteiger partial charge on any atom is 0.123 e. The number of halogens is 2. The number of nitrogens with zero attached hydrogens (tertiary/aromatic N) is 1. The quantitative estimate of drug-likeness (QED) is 0.599. The van der Waals surface area contributed by atoms with Crippen LogP contribution >= 0.6 is 15.9 Å². The van der Waals surface area contributed by atoms with E-state index in [2.05, 4.69) is 26.3 Å². The molecule has 94 valence electrons. The van der Waals surface area contributed by atoms with Gasteiger partial charge >= 0.3 is 0 Å². The number of hydrogen-bond acceptors (Lipinski definition) is 4. The van der Waals surface area contributed by atoms with Gasteiger partial charge in [-0.3, -0.25) is 10.8 Å². The van der Waals surface area contributed by atoms with E-state index < -0.39 is 6.04 Å². The molecule has 0 spiro atoms. The minimum Gasteiger partial charge on any atom is -0.398 e. The summed E-state index contributed by atoms with van der Waals surface area (Å²) in [5, 5.41) is 0. The second-order valence-electron chi connectivity index (χ2n) is 3.77. The zero-order valence-corrected chi connectivity index (χ0v) is 11.0. The molecule has 0 aliphatic rings. The molecule has 0 fully saturated rings. The van der Waals surface area contributed by atoms with E-state index in [4.69, 9.17) is 11.6 Å². The summed E-state index contributed by atoms with van der Waals surface area (Å²) in [4.78, 5) is 4.01. The highest BCUT2D eigenvalue weighted by atomic mass is 79.9. The van der Waals surface area contributed by atoms with Gasteiger partial charge in [-0.1, -0.05) is 15.9 Å². The zero-order chi connectivity index (χ0) is 13.1. The molecule has 6 heteroatoms. The lowest BCUT2D eigenvalue weighted by molar-refractivity contribution is 0.603. The van der Waals surface area contributed by atoms with Crippen molar-refractivity contribution in [2.75, 3.05) is 5.73 Å². The lowest BCUT2D eigenvalue weighted by Crippen LogP contribution is -2.30. The fourth-order valence-corrected chi connectivity index (χ4v) is 2.22. The van der Waals surface area contributed by atoms with Crippen molar-refractivity contribution in [3.63, 3.8) is 0 Å². The summed E-state index contributed by atoms with van der Waals surface area (Å²) < 4.78 is 14.1. The van der Waals surface area contributed by atoms with Gasteiger partial charge in [0.15, 0.2) is 0 Å². The van der Waals surface area contributed by atoms with Gasteiger partial charge in [0.2, 0.25) is 0 Å². The molecule has 1 unspecified atom stereocenters. The Morgan fingerprint density at radius 2 is 2.06 bits per heavy atom. The van der Waals surface area contributed by atoms with Gasteiger partial charge in [-0.05, 0) is 29.8 Å². The van der Waals surface area contributed by atoms with Crippen molar-refractivity contribution in [2.45, 2.75) is 6.04 Å². The van der Waals surface area contributed by atoms with Crippen LogP contribution in [0, 0.1) is 5.82 Å². The van der Waals surface area contributed by atoms with E-state index in [9.17, 15) is 4.39 Å². The topological polar surface area (TPSA) is 77.0 Å². The highest BCUT2D eigenvalue weighted by Crippen LogP contribution is 2.30. The summed E-state index contributed by atoms with van der Waals surface area (Å²) in [6, 6.07) is 5.65. The van der Waals surface area contributed by atoms with Crippen LogP contribution in [0.1, 0.15) is 17.2 Å². The Hall–Kier alpha value is -1.50. The summed E-state index contributed by atoms with van der Waals surface area (Å²) >= 11 is 3.37. The summed E-state index contributed by atoms with van der Waals surface area (Å²) in [5.74, 6) is 5.21. The highest BCUT2D eigenvalue weighted by molar-refractivity contribution is 9.10. The molecule has 1 aromatic heterocycles. The van der Waals surface area contributed by atoms with Crippen LogP contribution in [0.5, 0.6) is 0 Å². The van der Waals surface area contributed by atoms with Crippen LogP contribution in [0.15, 0.2) is 41.1 Å². The molecule has 0 saturated heterocycles. The van der Waals surface area contributed by atoms with E-state index in [-0.39, 0.29) is 5.82 Å². The van der Waals surface area contributed by atoms with Crippen molar-refractivity contribution in [1.82, 2.24) is 10.4 Å². The first-order chi connectivity index (χ1) is 8.63. The van der Waals surface area contributed by atoms with Crippen molar-refractivity contribution in [3.05, 3.63) is 58.1 Å². The lowest BCUT2D eigenvalue weighted by atomic mass is 9.99. The molecule has 0 aliphatic heterocycles. The highest BCUT2D eigenvalue weighted by Gasteiger charge is 2.18. The van der Waals surface area contributed by atoms with Crippen LogP contribution in [0.25, 0.3) is 0 Å². The first-order valence-corrected chi connectivity index (χ1v) is 6.03. The Morgan fingerprint density at radius 1 is 1.28 bits per heavy atom. The SMILES string of the molecule is NNC(c1cnccc1N)c1cc(F)ccc1Br. The minimum atomic E-state index is -0.427. The maximum absolute atomic E-state index is 13.3. The van der Waals surface area contributed by atoms with Crippen molar-refractivity contribution >= 4 is 21.6 Å². The van der Waals surface area contributed by atoms with E-state index in [1.807, 2.05) is 0 Å². The molecule has 2 aromatic rings. The van der Waals surface area contributed by atoms with Crippen LogP contribution in [-0.4, -0.2) is 4.98 Å². The van der Waals surface area contributed by atoms with Gasteiger partial charge in [-0.15, -0.1) is 0 Å². The van der Waals surface area contributed by atoms with Gasteiger partial charge in [0.1, 0.15) is 5.82 Å². The van der Waals surface area contributed by atoms with E-state index in [1.165, 1.54) is 12.1 Å². The third-order valence-electron chi connectivity index (χ3n) is 2.63. The molecule has 0 aliphatic carbocycles. The van der Waals surface area contributed by atoms with Crippen molar-refractivity contribution in [2.24, 2.45) is 5.84 Å². The second kappa shape index (κ2) is 5.43. The van der Waals surface area contributed by atoms with Crippen molar-refractivity contribution in [1.29, 1.82) is 0 Å². The number of rotatable bonds is 3. The standard InChI is InChI=1S/C12H12BrFN4/c13-10-2-1-7(14)5-8(10)12(18-16)9-6-17-4-3-11(9)15/h1-6,12,18H,16H2,(H2,15,17). The number of nitrogens with two attached hydrogens (primary N) is 2. The number of hydrogen-bond donors (Lipinski definition) is 3. The Bertz CT molecular complexity index is 562. The molecule has 2 rings (SSSR count). The number of hydrazine groups is 1. The Labute approximate surface area is 112 Å². The third kappa shape index (κ3) is 2.50. The number of benzene rings is 1. The van der Waals surface area contributed by atoms with Gasteiger partial charge < -0.3 is 5.73 Å². The minimum absolute atomic E-state index is 0.337. The first kappa shape index (κ1) is 12.9. The van der Waals surface area contributed by atoms with E-state index in [0.717, 1.165) is 4.47 Å². The molecule has 0 bridgehead atoms. The van der Waals surface area contributed by atoms with Crippen molar-refractivity contribution < 1.29 is 4.39 Å². The molecule has 1 heterocycles. The average Bonchev–Trinajstić information content (AvgIpc) is 2.36. The van der Waals surface area contributed by atoms with Crippen LogP contribution in [0.3, 0.4) is 0 Å². The average molecular weight is 311 g/mol. The molecule has 4 nitrogen and oxygen atoms in total. The number of pyridine rings is 1. The summed E-state index contributed by atoms with van der Waals surface area (Å²) in [6.45, 7) is 0. The summed E-state index contributed by atoms with van der Waals surface area (Å²) in [5.41, 5.74) is 10.4. The zero-order valence-electron chi connectivity index (χ0n) is 9.40.